The van der Waals surface area contributed by atoms with Gasteiger partial charge in [0.15, 0.2) is 0 Å². The van der Waals surface area contributed by atoms with Gasteiger partial charge in [0.05, 0.1) is 13.0 Å². The Balaban J connectivity index is 6.27. The van der Waals surface area contributed by atoms with Crippen LogP contribution in [0.25, 0.3) is 0 Å². The molecular formula is C13H9F15O2. The monoisotopic (exact) mass is 482 g/mol. The molecule has 0 aliphatic carbocycles. The molecular weight excluding hydrogens is 473 g/mol. The predicted octanol–water partition coefficient (Wildman–Crippen LogP) is 5.87. The minimum Gasteiger partial charge on any atom is -0.462 e. The zero-order chi connectivity index (χ0) is 24.8. The minimum atomic E-state index is -8.46. The normalized spacial score (nSPS) is 15.2. The number of rotatable bonds is 8. The van der Waals surface area contributed by atoms with Crippen molar-refractivity contribution in [1.82, 2.24) is 0 Å². The summed E-state index contributed by atoms with van der Waals surface area (Å²) in [5.41, 5.74) is -8.87. The van der Waals surface area contributed by atoms with Crippen molar-refractivity contribution >= 4 is 5.97 Å². The summed E-state index contributed by atoms with van der Waals surface area (Å²) in [6.07, 6.45) is -18.7. The van der Waals surface area contributed by atoms with E-state index in [0.717, 1.165) is 6.92 Å². The van der Waals surface area contributed by atoms with E-state index in [1.54, 1.807) is 0 Å². The Morgan fingerprint density at radius 3 is 1.37 bits per heavy atom. The van der Waals surface area contributed by atoms with Gasteiger partial charge in [-0.15, -0.1) is 0 Å². The van der Waals surface area contributed by atoms with Gasteiger partial charge in [0.25, 0.3) is 0 Å². The summed E-state index contributed by atoms with van der Waals surface area (Å²) in [6, 6.07) is 0. The molecule has 0 aliphatic rings. The van der Waals surface area contributed by atoms with E-state index < -0.39 is 66.3 Å². The molecule has 0 amide bonds. The van der Waals surface area contributed by atoms with Crippen LogP contribution in [0.3, 0.4) is 0 Å². The van der Waals surface area contributed by atoms with Crippen LogP contribution in [0, 0.1) is 0 Å². The van der Waals surface area contributed by atoms with E-state index in [1.165, 1.54) is 0 Å². The highest BCUT2D eigenvalue weighted by atomic mass is 19.4. The fraction of sp³-hybridized carbons (Fsp3) is 0.769. The summed E-state index contributed by atoms with van der Waals surface area (Å²) in [6.45, 7) is 1.85. The summed E-state index contributed by atoms with van der Waals surface area (Å²) in [7, 11) is 0. The average Bonchev–Trinajstić information content (AvgIpc) is 2.50. The predicted molar refractivity (Wildman–Crippen MR) is 66.1 cm³/mol. The fourth-order valence-electron chi connectivity index (χ4n) is 1.71. The van der Waals surface area contributed by atoms with Crippen LogP contribution >= 0.6 is 0 Å². The molecule has 0 bridgehead atoms. The molecule has 0 radical (unpaired) electrons. The highest BCUT2D eigenvalue weighted by Crippen LogP contribution is 2.64. The molecule has 178 valence electrons. The van der Waals surface area contributed by atoms with Crippen molar-refractivity contribution in [2.45, 2.75) is 55.1 Å². The van der Waals surface area contributed by atoms with E-state index >= 15 is 0 Å². The fourth-order valence-corrected chi connectivity index (χ4v) is 1.71. The molecule has 0 fully saturated rings. The maximum atomic E-state index is 13.4. The molecule has 0 aromatic heterocycles. The van der Waals surface area contributed by atoms with Crippen LogP contribution in [-0.4, -0.2) is 54.3 Å². The number of carbonyl (C=O) groups excluding carboxylic acids is 1. The van der Waals surface area contributed by atoms with Gasteiger partial charge in [-0.25, -0.2) is 9.18 Å². The molecule has 0 rings (SSSR count). The van der Waals surface area contributed by atoms with Crippen molar-refractivity contribution in [3.8, 4) is 0 Å². The standard InChI is InChI=1S/C13H9F15O2/c1-5(2)6(29)30-4-3-7(14,15)9(17,18)11(21,22)10(19,20)8(16,12(23,24)25)13(26,27)28/h1,3-4H2,2H3. The maximum Gasteiger partial charge on any atom is 0.438 e. The molecule has 2 nitrogen and oxygen atoms in total. The molecule has 0 unspecified atom stereocenters. The van der Waals surface area contributed by atoms with Gasteiger partial charge >= 0.3 is 47.7 Å². The van der Waals surface area contributed by atoms with Crippen LogP contribution in [0.2, 0.25) is 0 Å². The van der Waals surface area contributed by atoms with E-state index in [0.29, 0.717) is 0 Å². The third-order valence-electron chi connectivity index (χ3n) is 3.46. The lowest BCUT2D eigenvalue weighted by atomic mass is 9.85. The van der Waals surface area contributed by atoms with Crippen molar-refractivity contribution in [2.75, 3.05) is 6.61 Å². The Morgan fingerprint density at radius 2 is 1.07 bits per heavy atom. The number of halogens is 15. The lowest BCUT2D eigenvalue weighted by Crippen LogP contribution is -2.75. The van der Waals surface area contributed by atoms with Crippen LogP contribution in [-0.2, 0) is 9.53 Å². The SMILES string of the molecule is C=C(C)C(=O)OCCC(F)(F)C(F)(F)C(F)(F)C(F)(F)C(F)(C(F)(F)F)C(F)(F)F. The molecule has 17 heteroatoms. The third kappa shape index (κ3) is 4.15. The van der Waals surface area contributed by atoms with Crippen molar-refractivity contribution in [3.63, 3.8) is 0 Å². The number of esters is 1. The molecule has 0 saturated carbocycles. The molecule has 0 saturated heterocycles. The summed E-state index contributed by atoms with van der Waals surface area (Å²) in [5, 5.41) is 0. The van der Waals surface area contributed by atoms with Crippen LogP contribution in [0.4, 0.5) is 65.9 Å². The lowest BCUT2D eigenvalue weighted by molar-refractivity contribution is -0.457. The highest BCUT2D eigenvalue weighted by molar-refractivity contribution is 5.86. The summed E-state index contributed by atoms with van der Waals surface area (Å²) < 4.78 is 198. The Hall–Kier alpha value is -1.84. The summed E-state index contributed by atoms with van der Waals surface area (Å²) in [4.78, 5) is 10.9. The first kappa shape index (κ1) is 28.2. The number of carbonyl (C=O) groups is 1. The summed E-state index contributed by atoms with van der Waals surface area (Å²) >= 11 is 0. The molecule has 0 aromatic carbocycles. The minimum absolute atomic E-state index is 0.542. The third-order valence-corrected chi connectivity index (χ3v) is 3.46. The first-order chi connectivity index (χ1) is 12.8. The van der Waals surface area contributed by atoms with Crippen LogP contribution in [0.5, 0.6) is 0 Å². The van der Waals surface area contributed by atoms with Gasteiger partial charge in [-0.05, 0) is 6.92 Å². The van der Waals surface area contributed by atoms with Crippen LogP contribution in [0.1, 0.15) is 13.3 Å². The van der Waals surface area contributed by atoms with E-state index in [9.17, 15) is 70.7 Å². The Morgan fingerprint density at radius 1 is 0.700 bits per heavy atom. The molecule has 30 heavy (non-hydrogen) atoms. The van der Waals surface area contributed by atoms with E-state index in [4.69, 9.17) is 0 Å². The van der Waals surface area contributed by atoms with Gasteiger partial charge < -0.3 is 4.74 Å². The van der Waals surface area contributed by atoms with E-state index in [-0.39, 0.29) is 0 Å². The van der Waals surface area contributed by atoms with Gasteiger partial charge in [-0.2, -0.15) is 61.5 Å². The lowest BCUT2D eigenvalue weighted by Gasteiger charge is -2.43. The van der Waals surface area contributed by atoms with E-state index in [1.807, 2.05) is 0 Å². The second kappa shape index (κ2) is 7.69. The first-order valence-electron chi connectivity index (χ1n) is 6.99. The largest absolute Gasteiger partial charge is 0.462 e. The zero-order valence-electron chi connectivity index (χ0n) is 14.1. The van der Waals surface area contributed by atoms with Gasteiger partial charge in [-0.3, -0.25) is 0 Å². The Labute approximate surface area is 156 Å². The van der Waals surface area contributed by atoms with Crippen molar-refractivity contribution in [3.05, 3.63) is 12.2 Å². The molecule has 0 spiro atoms. The Kier molecular flexibility index (Phi) is 7.22. The molecule has 0 aliphatic heterocycles. The second-order valence-corrected chi connectivity index (χ2v) is 5.75. The van der Waals surface area contributed by atoms with Gasteiger partial charge in [-0.1, -0.05) is 6.58 Å². The smallest absolute Gasteiger partial charge is 0.438 e. The van der Waals surface area contributed by atoms with Gasteiger partial charge in [0.1, 0.15) is 0 Å². The summed E-state index contributed by atoms with van der Waals surface area (Å²) in [5.74, 6) is -32.4. The topological polar surface area (TPSA) is 26.3 Å². The number of ether oxygens (including phenoxy) is 1. The van der Waals surface area contributed by atoms with Crippen molar-refractivity contribution < 1.29 is 75.4 Å². The van der Waals surface area contributed by atoms with Crippen molar-refractivity contribution in [1.29, 1.82) is 0 Å². The zero-order valence-corrected chi connectivity index (χ0v) is 14.1. The molecule has 0 N–H and O–H groups in total. The number of hydrogen-bond acceptors (Lipinski definition) is 2. The van der Waals surface area contributed by atoms with Gasteiger partial charge in [0.2, 0.25) is 0 Å². The van der Waals surface area contributed by atoms with E-state index in [2.05, 4.69) is 11.3 Å². The van der Waals surface area contributed by atoms with Crippen LogP contribution in [0.15, 0.2) is 12.2 Å². The second-order valence-electron chi connectivity index (χ2n) is 5.75. The molecule has 0 atom stereocenters. The average molecular weight is 482 g/mol. The van der Waals surface area contributed by atoms with Crippen LogP contribution < -0.4 is 0 Å². The molecule has 0 heterocycles. The highest BCUT2D eigenvalue weighted by Gasteiger charge is 2.95. The number of alkyl halides is 15. The quantitative estimate of drug-likeness (QED) is 0.246. The maximum absolute atomic E-state index is 13.4. The van der Waals surface area contributed by atoms with Gasteiger partial charge in [0, 0.05) is 5.57 Å². The first-order valence-corrected chi connectivity index (χ1v) is 6.99. The van der Waals surface area contributed by atoms with Crippen molar-refractivity contribution in [2.24, 2.45) is 0 Å². The molecule has 0 aromatic rings. The number of hydrogen-bond donors (Lipinski definition) is 0. The Bertz CT molecular complexity index is 644.